The Hall–Kier alpha value is -1.56. The third-order valence-corrected chi connectivity index (χ3v) is 7.47. The molecule has 0 atom stereocenters. The van der Waals surface area contributed by atoms with E-state index in [1.165, 1.54) is 25.7 Å². The smallest absolute Gasteiger partial charge is 0.235 e. The van der Waals surface area contributed by atoms with Crippen molar-refractivity contribution in [1.29, 1.82) is 0 Å². The van der Waals surface area contributed by atoms with Gasteiger partial charge in [-0.2, -0.15) is 0 Å². The normalized spacial score (nSPS) is 18.0. The molecule has 0 radical (unpaired) electrons. The summed E-state index contributed by atoms with van der Waals surface area (Å²) >= 11 is 0. The van der Waals surface area contributed by atoms with Crippen molar-refractivity contribution >= 4 is 27.3 Å². The van der Waals surface area contributed by atoms with Crippen LogP contribution in [0, 0.1) is 5.92 Å². The van der Waals surface area contributed by atoms with Gasteiger partial charge >= 0.3 is 0 Å². The average Bonchev–Trinajstić information content (AvgIpc) is 3.13. The van der Waals surface area contributed by atoms with E-state index in [0.29, 0.717) is 25.3 Å². The number of nitrogens with zero attached hydrogens (tertiary/aromatic N) is 1. The van der Waals surface area contributed by atoms with Gasteiger partial charge in [0, 0.05) is 18.7 Å². The molecule has 1 aliphatic heterocycles. The van der Waals surface area contributed by atoms with E-state index in [-0.39, 0.29) is 11.7 Å². The van der Waals surface area contributed by atoms with E-state index < -0.39 is 10.0 Å². The Morgan fingerprint density at radius 2 is 2.00 bits per heavy atom. The Morgan fingerprint density at radius 1 is 1.23 bits per heavy atom. The number of hydrogen-bond acceptors (Lipinski definition) is 3. The lowest BCUT2D eigenvalue weighted by atomic mass is 10.0. The number of amides is 1. The van der Waals surface area contributed by atoms with Gasteiger partial charge in [-0.15, -0.1) is 0 Å². The fourth-order valence-corrected chi connectivity index (χ4v) is 5.78. The number of hydrogen-bond donors (Lipinski definition) is 1. The maximum atomic E-state index is 12.5. The fraction of sp³-hybridized carbons (Fsp3) is 0.650. The second-order valence-corrected chi connectivity index (χ2v) is 9.59. The first-order valence-corrected chi connectivity index (χ1v) is 11.5. The summed E-state index contributed by atoms with van der Waals surface area (Å²) in [5.41, 5.74) is 2.55. The largest absolute Gasteiger partial charge is 0.326 e. The van der Waals surface area contributed by atoms with E-state index in [0.717, 1.165) is 36.2 Å². The van der Waals surface area contributed by atoms with Crippen LogP contribution < -0.4 is 9.62 Å². The highest BCUT2D eigenvalue weighted by molar-refractivity contribution is 7.92. The number of carbonyl (C=O) groups is 1. The van der Waals surface area contributed by atoms with Crippen LogP contribution in [-0.2, 0) is 21.2 Å². The quantitative estimate of drug-likeness (QED) is 0.777. The fourth-order valence-electron chi connectivity index (χ4n) is 4.16. The molecule has 0 spiro atoms. The van der Waals surface area contributed by atoms with Crippen LogP contribution in [0.15, 0.2) is 18.2 Å². The summed E-state index contributed by atoms with van der Waals surface area (Å²) in [6.45, 7) is 2.43. The second kappa shape index (κ2) is 8.42. The monoisotopic (exact) mass is 378 g/mol. The summed E-state index contributed by atoms with van der Waals surface area (Å²) in [6.07, 6.45) is 8.93. The Morgan fingerprint density at radius 3 is 2.73 bits per heavy atom. The molecule has 0 unspecified atom stereocenters. The highest BCUT2D eigenvalue weighted by Crippen LogP contribution is 2.32. The number of nitrogens with one attached hydrogen (secondary N) is 1. The average molecular weight is 379 g/mol. The lowest BCUT2D eigenvalue weighted by Gasteiger charge is -2.30. The van der Waals surface area contributed by atoms with Crippen LogP contribution in [0.5, 0.6) is 0 Å². The predicted octanol–water partition coefficient (Wildman–Crippen LogP) is 4.09. The maximum Gasteiger partial charge on any atom is 0.235 e. The molecule has 1 N–H and O–H groups in total. The van der Waals surface area contributed by atoms with E-state index in [4.69, 9.17) is 0 Å². The standard InChI is InChI=1S/C20H30N2O3S/c1-2-14-26(24,25)22-13-5-8-17-15-18(10-11-19(17)22)21-20(23)12-9-16-6-3-4-7-16/h10-11,15-16H,2-9,12-14H2,1H3,(H,21,23). The molecule has 0 saturated heterocycles. The molecule has 0 bridgehead atoms. The van der Waals surface area contributed by atoms with E-state index in [1.54, 1.807) is 4.31 Å². The van der Waals surface area contributed by atoms with E-state index in [1.807, 2.05) is 25.1 Å². The third kappa shape index (κ3) is 4.58. The number of carbonyl (C=O) groups excluding carboxylic acids is 1. The van der Waals surface area contributed by atoms with Crippen molar-refractivity contribution in [3.8, 4) is 0 Å². The first-order valence-electron chi connectivity index (χ1n) is 9.93. The SMILES string of the molecule is CCCS(=O)(=O)N1CCCc2cc(NC(=O)CCC3CCCC3)ccc21. The van der Waals surface area contributed by atoms with Crippen LogP contribution >= 0.6 is 0 Å². The first kappa shape index (κ1) is 19.2. The molecule has 2 aliphatic rings. The van der Waals surface area contributed by atoms with Gasteiger partial charge in [0.25, 0.3) is 0 Å². The molecule has 5 nitrogen and oxygen atoms in total. The zero-order valence-corrected chi connectivity index (χ0v) is 16.5. The van der Waals surface area contributed by atoms with E-state index in [2.05, 4.69) is 5.32 Å². The lowest BCUT2D eigenvalue weighted by Crippen LogP contribution is -2.37. The highest BCUT2D eigenvalue weighted by Gasteiger charge is 2.27. The van der Waals surface area contributed by atoms with Gasteiger partial charge in [-0.3, -0.25) is 9.10 Å². The van der Waals surface area contributed by atoms with Crippen molar-refractivity contribution in [2.75, 3.05) is 21.9 Å². The van der Waals surface area contributed by atoms with E-state index >= 15 is 0 Å². The van der Waals surface area contributed by atoms with Gasteiger partial charge < -0.3 is 5.32 Å². The Bertz CT molecular complexity index is 739. The minimum Gasteiger partial charge on any atom is -0.326 e. The molecule has 0 aromatic heterocycles. The molecule has 1 saturated carbocycles. The Kier molecular flexibility index (Phi) is 6.22. The van der Waals surface area contributed by atoms with Crippen molar-refractivity contribution < 1.29 is 13.2 Å². The molecule has 1 aromatic carbocycles. The first-order chi connectivity index (χ1) is 12.5. The summed E-state index contributed by atoms with van der Waals surface area (Å²) in [7, 11) is -3.25. The van der Waals surface area contributed by atoms with Gasteiger partial charge in [-0.1, -0.05) is 32.6 Å². The van der Waals surface area contributed by atoms with E-state index in [9.17, 15) is 13.2 Å². The van der Waals surface area contributed by atoms with Crippen LogP contribution in [0.4, 0.5) is 11.4 Å². The number of anilines is 2. The minimum absolute atomic E-state index is 0.0584. The summed E-state index contributed by atoms with van der Waals surface area (Å²) < 4.78 is 26.5. The van der Waals surface area contributed by atoms with Crippen LogP contribution in [0.25, 0.3) is 0 Å². The number of benzene rings is 1. The minimum atomic E-state index is -3.25. The van der Waals surface area contributed by atoms with Crippen molar-refractivity contribution in [2.45, 2.75) is 64.7 Å². The topological polar surface area (TPSA) is 66.5 Å². The molecule has 1 fully saturated rings. The van der Waals surface area contributed by atoms with Crippen molar-refractivity contribution in [1.82, 2.24) is 0 Å². The van der Waals surface area contributed by atoms with Gasteiger partial charge in [0.15, 0.2) is 0 Å². The zero-order chi connectivity index (χ0) is 18.6. The Labute approximate surface area is 157 Å². The van der Waals surface area contributed by atoms with Crippen LogP contribution in [-0.4, -0.2) is 26.6 Å². The van der Waals surface area contributed by atoms with Crippen LogP contribution in [0.2, 0.25) is 0 Å². The summed E-state index contributed by atoms with van der Waals surface area (Å²) in [4.78, 5) is 12.2. The molecule has 3 rings (SSSR count). The molecular weight excluding hydrogens is 348 g/mol. The van der Waals surface area contributed by atoms with Crippen molar-refractivity contribution in [3.63, 3.8) is 0 Å². The number of rotatable bonds is 7. The number of aryl methyl sites for hydroxylation is 1. The summed E-state index contributed by atoms with van der Waals surface area (Å²) in [6, 6.07) is 5.61. The van der Waals surface area contributed by atoms with Crippen LogP contribution in [0.3, 0.4) is 0 Å². The molecule has 26 heavy (non-hydrogen) atoms. The highest BCUT2D eigenvalue weighted by atomic mass is 32.2. The van der Waals surface area contributed by atoms with Gasteiger partial charge in [0.2, 0.25) is 15.9 Å². The van der Waals surface area contributed by atoms with Gasteiger partial charge in [-0.25, -0.2) is 8.42 Å². The lowest BCUT2D eigenvalue weighted by molar-refractivity contribution is -0.116. The van der Waals surface area contributed by atoms with Gasteiger partial charge in [-0.05, 0) is 55.4 Å². The molecule has 144 valence electrons. The molecular formula is C20H30N2O3S. The number of fused-ring (bicyclic) bond motifs is 1. The zero-order valence-electron chi connectivity index (χ0n) is 15.7. The van der Waals surface area contributed by atoms with Gasteiger partial charge in [0.05, 0.1) is 11.4 Å². The summed E-state index contributed by atoms with van der Waals surface area (Å²) in [5, 5.41) is 2.99. The molecule has 1 aromatic rings. The second-order valence-electron chi connectivity index (χ2n) is 7.57. The summed E-state index contributed by atoms with van der Waals surface area (Å²) in [5.74, 6) is 0.941. The predicted molar refractivity (Wildman–Crippen MR) is 106 cm³/mol. The molecule has 1 aliphatic carbocycles. The molecule has 6 heteroatoms. The third-order valence-electron chi connectivity index (χ3n) is 5.49. The van der Waals surface area contributed by atoms with Gasteiger partial charge in [0.1, 0.15) is 0 Å². The van der Waals surface area contributed by atoms with Crippen molar-refractivity contribution in [3.05, 3.63) is 23.8 Å². The Balaban J connectivity index is 1.65. The maximum absolute atomic E-state index is 12.5. The number of sulfonamides is 1. The van der Waals surface area contributed by atoms with Crippen LogP contribution in [0.1, 0.15) is 63.9 Å². The molecule has 1 heterocycles. The van der Waals surface area contributed by atoms with Crippen molar-refractivity contribution in [2.24, 2.45) is 5.92 Å². The molecule has 1 amide bonds.